The van der Waals surface area contributed by atoms with E-state index in [1.807, 2.05) is 0 Å². The number of hydrogen-bond acceptors (Lipinski definition) is 4. The summed E-state index contributed by atoms with van der Waals surface area (Å²) in [5.74, 6) is 0.188. The van der Waals surface area contributed by atoms with Crippen LogP contribution in [0.5, 0.6) is 0 Å². The zero-order chi connectivity index (χ0) is 13.1. The number of rotatable bonds is 4. The molecule has 1 aromatic heterocycles. The highest BCUT2D eigenvalue weighted by atomic mass is 16.6. The van der Waals surface area contributed by atoms with Gasteiger partial charge < -0.3 is 15.2 Å². The molecule has 6 nitrogen and oxygen atoms in total. The molecule has 1 aliphatic carbocycles. The van der Waals surface area contributed by atoms with Crippen LogP contribution in [0, 0.1) is 23.0 Å². The fourth-order valence-corrected chi connectivity index (χ4v) is 2.64. The van der Waals surface area contributed by atoms with E-state index in [0.29, 0.717) is 18.0 Å². The molecule has 6 heteroatoms. The highest BCUT2D eigenvalue weighted by Gasteiger charge is 2.25. The molecule has 0 aromatic carbocycles. The first-order valence-corrected chi connectivity index (χ1v) is 6.44. The van der Waals surface area contributed by atoms with Crippen molar-refractivity contribution in [2.75, 3.05) is 0 Å². The highest BCUT2D eigenvalue weighted by molar-refractivity contribution is 5.28. The quantitative estimate of drug-likeness (QED) is 0.657. The summed E-state index contributed by atoms with van der Waals surface area (Å²) in [7, 11) is 0. The second-order valence-electron chi connectivity index (χ2n) is 5.08. The minimum atomic E-state index is -0.487. The number of aliphatic hydroxyl groups is 1. The van der Waals surface area contributed by atoms with E-state index in [9.17, 15) is 15.2 Å². The number of hydrogen-bond donors (Lipinski definition) is 1. The maximum atomic E-state index is 10.7. The Morgan fingerprint density at radius 3 is 2.78 bits per heavy atom. The zero-order valence-electron chi connectivity index (χ0n) is 10.6. The summed E-state index contributed by atoms with van der Waals surface area (Å²) in [4.78, 5) is 10.2. The number of aryl methyl sites for hydroxylation is 1. The predicted octanol–water partition coefficient (Wildman–Crippen LogP) is 2.04. The van der Waals surface area contributed by atoms with Crippen LogP contribution in [0.25, 0.3) is 0 Å². The second-order valence-corrected chi connectivity index (χ2v) is 5.08. The van der Waals surface area contributed by atoms with Gasteiger partial charge in [0.05, 0.1) is 29.5 Å². The molecule has 1 heterocycles. The number of aromatic nitrogens is 2. The Bertz CT molecular complexity index is 424. The fourth-order valence-electron chi connectivity index (χ4n) is 2.64. The van der Waals surface area contributed by atoms with E-state index in [-0.39, 0.29) is 5.82 Å². The Kier molecular flexibility index (Phi) is 3.96. The Balaban J connectivity index is 2.00. The van der Waals surface area contributed by atoms with E-state index in [1.54, 1.807) is 13.1 Å². The Morgan fingerprint density at radius 2 is 2.22 bits per heavy atom. The van der Waals surface area contributed by atoms with Crippen LogP contribution < -0.4 is 0 Å². The van der Waals surface area contributed by atoms with Gasteiger partial charge in [-0.2, -0.15) is 4.68 Å². The lowest BCUT2D eigenvalue weighted by molar-refractivity contribution is -0.390. The van der Waals surface area contributed by atoms with Crippen molar-refractivity contribution in [1.29, 1.82) is 0 Å². The van der Waals surface area contributed by atoms with Crippen LogP contribution in [0.2, 0.25) is 0 Å². The van der Waals surface area contributed by atoms with Gasteiger partial charge in [0.1, 0.15) is 0 Å². The molecule has 1 atom stereocenters. The van der Waals surface area contributed by atoms with Crippen LogP contribution in [0.4, 0.5) is 5.82 Å². The van der Waals surface area contributed by atoms with Crippen molar-refractivity contribution >= 4 is 5.82 Å². The molecule has 0 spiro atoms. The minimum Gasteiger partial charge on any atom is -0.391 e. The molecule has 18 heavy (non-hydrogen) atoms. The Labute approximate surface area is 106 Å². The normalized spacial score (nSPS) is 18.8. The standard InChI is InChI=1S/C12H19N3O3/c1-9-7-14(13-12(9)15(17)18)8-11(16)10-5-3-2-4-6-10/h7,10-11,16H,2-6,8H2,1H3/t11-/m1/s1. The first-order valence-electron chi connectivity index (χ1n) is 6.44. The third-order valence-corrected chi connectivity index (χ3v) is 3.66. The molecule has 1 aliphatic rings. The van der Waals surface area contributed by atoms with Crippen molar-refractivity contribution in [3.63, 3.8) is 0 Å². The lowest BCUT2D eigenvalue weighted by Crippen LogP contribution is -2.27. The lowest BCUT2D eigenvalue weighted by Gasteiger charge is -2.25. The van der Waals surface area contributed by atoms with Crippen molar-refractivity contribution in [3.8, 4) is 0 Å². The van der Waals surface area contributed by atoms with Crippen LogP contribution in [-0.2, 0) is 6.54 Å². The topological polar surface area (TPSA) is 81.2 Å². The number of aliphatic hydroxyl groups excluding tert-OH is 1. The van der Waals surface area contributed by atoms with Gasteiger partial charge in [-0.3, -0.25) is 0 Å². The van der Waals surface area contributed by atoms with Crippen LogP contribution >= 0.6 is 0 Å². The first kappa shape index (κ1) is 13.0. The lowest BCUT2D eigenvalue weighted by atomic mass is 9.85. The Morgan fingerprint density at radius 1 is 1.56 bits per heavy atom. The molecule has 0 unspecified atom stereocenters. The van der Waals surface area contributed by atoms with E-state index in [4.69, 9.17) is 0 Å². The molecular formula is C12H19N3O3. The minimum absolute atomic E-state index is 0.120. The molecule has 0 saturated heterocycles. The summed E-state index contributed by atoms with van der Waals surface area (Å²) in [6.07, 6.45) is 6.84. The fraction of sp³-hybridized carbons (Fsp3) is 0.750. The molecule has 0 aliphatic heterocycles. The molecule has 1 fully saturated rings. The summed E-state index contributed by atoms with van der Waals surface area (Å²) >= 11 is 0. The largest absolute Gasteiger partial charge is 0.392 e. The molecule has 1 saturated carbocycles. The van der Waals surface area contributed by atoms with Gasteiger partial charge in [0.2, 0.25) is 0 Å². The molecule has 0 bridgehead atoms. The molecule has 1 aromatic rings. The molecule has 100 valence electrons. The highest BCUT2D eigenvalue weighted by Crippen LogP contribution is 2.27. The summed E-state index contributed by atoms with van der Waals surface area (Å²) in [5.41, 5.74) is 0.538. The number of nitrogens with zero attached hydrogens (tertiary/aromatic N) is 3. The zero-order valence-corrected chi connectivity index (χ0v) is 10.6. The third kappa shape index (κ3) is 2.87. The molecule has 1 N–H and O–H groups in total. The van der Waals surface area contributed by atoms with Crippen molar-refractivity contribution in [2.45, 2.75) is 51.7 Å². The molecule has 0 amide bonds. The smallest absolute Gasteiger partial charge is 0.391 e. The second kappa shape index (κ2) is 5.48. The summed E-state index contributed by atoms with van der Waals surface area (Å²) in [5, 5.41) is 24.7. The van der Waals surface area contributed by atoms with Gasteiger partial charge in [-0.15, -0.1) is 0 Å². The monoisotopic (exact) mass is 253 g/mol. The summed E-state index contributed by atoms with van der Waals surface area (Å²) in [6, 6.07) is 0. The Hall–Kier alpha value is -1.43. The van der Waals surface area contributed by atoms with Crippen LogP contribution in [-0.4, -0.2) is 25.9 Å². The van der Waals surface area contributed by atoms with Crippen molar-refractivity contribution in [3.05, 3.63) is 21.9 Å². The van der Waals surface area contributed by atoms with Crippen molar-refractivity contribution in [1.82, 2.24) is 9.78 Å². The van der Waals surface area contributed by atoms with E-state index in [1.165, 1.54) is 23.9 Å². The first-order chi connectivity index (χ1) is 8.58. The van der Waals surface area contributed by atoms with Gasteiger partial charge in [0.25, 0.3) is 0 Å². The van der Waals surface area contributed by atoms with E-state index >= 15 is 0 Å². The van der Waals surface area contributed by atoms with Crippen LogP contribution in [0.3, 0.4) is 0 Å². The van der Waals surface area contributed by atoms with Crippen LogP contribution in [0.15, 0.2) is 6.20 Å². The molecular weight excluding hydrogens is 234 g/mol. The van der Waals surface area contributed by atoms with E-state index in [2.05, 4.69) is 5.10 Å². The molecule has 0 radical (unpaired) electrons. The van der Waals surface area contributed by atoms with Gasteiger partial charge >= 0.3 is 5.82 Å². The van der Waals surface area contributed by atoms with E-state index in [0.717, 1.165) is 12.8 Å². The summed E-state index contributed by atoms with van der Waals surface area (Å²) < 4.78 is 1.49. The predicted molar refractivity (Wildman–Crippen MR) is 66.2 cm³/mol. The molecule has 2 rings (SSSR count). The van der Waals surface area contributed by atoms with Gasteiger partial charge in [-0.05, 0) is 30.6 Å². The van der Waals surface area contributed by atoms with Gasteiger partial charge in [-0.1, -0.05) is 19.3 Å². The van der Waals surface area contributed by atoms with Crippen molar-refractivity contribution < 1.29 is 10.0 Å². The van der Waals surface area contributed by atoms with Crippen LogP contribution in [0.1, 0.15) is 37.7 Å². The number of nitro groups is 1. The van der Waals surface area contributed by atoms with Gasteiger partial charge in [-0.25, -0.2) is 0 Å². The third-order valence-electron chi connectivity index (χ3n) is 3.66. The maximum absolute atomic E-state index is 10.7. The summed E-state index contributed by atoms with van der Waals surface area (Å²) in [6.45, 7) is 2.01. The maximum Gasteiger partial charge on any atom is 0.392 e. The SMILES string of the molecule is Cc1cn(C[C@@H](O)C2CCCCC2)nc1[N+](=O)[O-]. The van der Waals surface area contributed by atoms with Crippen molar-refractivity contribution in [2.24, 2.45) is 5.92 Å². The average molecular weight is 253 g/mol. The van der Waals surface area contributed by atoms with Gasteiger partial charge in [0, 0.05) is 0 Å². The average Bonchev–Trinajstić information content (AvgIpc) is 2.71. The van der Waals surface area contributed by atoms with E-state index < -0.39 is 11.0 Å². The van der Waals surface area contributed by atoms with Gasteiger partial charge in [0.15, 0.2) is 0 Å².